The summed E-state index contributed by atoms with van der Waals surface area (Å²) in [4.78, 5) is 29.9. The molecule has 2 atom stereocenters. The second-order valence-corrected chi connectivity index (χ2v) is 6.61. The van der Waals surface area contributed by atoms with Gasteiger partial charge < -0.3 is 25.2 Å². The van der Waals surface area contributed by atoms with Gasteiger partial charge in [0, 0.05) is 24.8 Å². The average molecular weight is 385 g/mol. The molecule has 8 nitrogen and oxygen atoms in total. The minimum absolute atomic E-state index is 0.00119. The Kier molecular flexibility index (Phi) is 6.44. The average Bonchev–Trinajstić information content (AvgIpc) is 3.25. The number of aromatic nitrogens is 1. The van der Waals surface area contributed by atoms with Crippen molar-refractivity contribution >= 4 is 17.9 Å². The van der Waals surface area contributed by atoms with Gasteiger partial charge in [0.2, 0.25) is 0 Å². The Bertz CT molecular complexity index is 791. The van der Waals surface area contributed by atoms with Crippen LogP contribution in [0.2, 0.25) is 0 Å². The van der Waals surface area contributed by atoms with Crippen LogP contribution in [0.4, 0.5) is 10.6 Å². The number of anilines is 1. The number of rotatable bonds is 7. The lowest BCUT2D eigenvalue weighted by Gasteiger charge is -2.21. The lowest BCUT2D eigenvalue weighted by Crippen LogP contribution is -2.45. The second-order valence-electron chi connectivity index (χ2n) is 6.61. The van der Waals surface area contributed by atoms with Gasteiger partial charge >= 0.3 is 12.1 Å². The number of aliphatic hydroxyl groups is 1. The van der Waals surface area contributed by atoms with E-state index in [-0.39, 0.29) is 6.61 Å². The second kappa shape index (κ2) is 9.18. The molecule has 0 saturated carbocycles. The molecule has 1 aliphatic heterocycles. The van der Waals surface area contributed by atoms with E-state index in [1.54, 1.807) is 36.4 Å². The van der Waals surface area contributed by atoms with Crippen molar-refractivity contribution in [3.05, 3.63) is 59.8 Å². The number of amides is 1. The van der Waals surface area contributed by atoms with Crippen molar-refractivity contribution in [2.75, 3.05) is 18.0 Å². The Hall–Kier alpha value is -3.13. The minimum Gasteiger partial charge on any atom is -0.480 e. The number of carboxylic acid groups (broad SMARTS) is 1. The predicted molar refractivity (Wildman–Crippen MR) is 102 cm³/mol. The fourth-order valence-electron chi connectivity index (χ4n) is 3.07. The maximum atomic E-state index is 12.0. The quantitative estimate of drug-likeness (QED) is 0.669. The number of carbonyl (C=O) groups excluding carboxylic acids is 1. The zero-order valence-electron chi connectivity index (χ0n) is 15.3. The third kappa shape index (κ3) is 4.98. The number of aliphatic carboxylic acids is 1. The zero-order chi connectivity index (χ0) is 19.9. The molecule has 8 heteroatoms. The highest BCUT2D eigenvalue weighted by molar-refractivity contribution is 5.80. The summed E-state index contributed by atoms with van der Waals surface area (Å²) in [6.45, 7) is 1.87. The number of benzene rings is 1. The van der Waals surface area contributed by atoms with Crippen LogP contribution in [0, 0.1) is 0 Å². The SMILES string of the molecule is O=C(N[C@H](C(=O)O)[C@@H](O)c1ccc(N2CCCC2)nc1)OCc1ccccc1. The van der Waals surface area contributed by atoms with Crippen LogP contribution in [0.15, 0.2) is 48.7 Å². The van der Waals surface area contributed by atoms with Gasteiger partial charge in [-0.1, -0.05) is 36.4 Å². The number of hydrogen-bond acceptors (Lipinski definition) is 6. The smallest absolute Gasteiger partial charge is 0.408 e. The number of hydrogen-bond donors (Lipinski definition) is 3. The molecule has 1 fully saturated rings. The summed E-state index contributed by atoms with van der Waals surface area (Å²) in [5.41, 5.74) is 1.07. The lowest BCUT2D eigenvalue weighted by atomic mass is 10.0. The molecular formula is C20H23N3O5. The van der Waals surface area contributed by atoms with Gasteiger partial charge in [-0.15, -0.1) is 0 Å². The molecule has 2 aromatic rings. The molecule has 0 spiro atoms. The predicted octanol–water partition coefficient (Wildman–Crippen LogP) is 2.09. The van der Waals surface area contributed by atoms with Crippen LogP contribution in [0.5, 0.6) is 0 Å². The highest BCUT2D eigenvalue weighted by atomic mass is 16.5. The number of nitrogens with one attached hydrogen (secondary N) is 1. The third-order valence-corrected chi connectivity index (χ3v) is 4.61. The van der Waals surface area contributed by atoms with Gasteiger partial charge in [0.05, 0.1) is 0 Å². The topological polar surface area (TPSA) is 112 Å². The third-order valence-electron chi connectivity index (χ3n) is 4.61. The van der Waals surface area contributed by atoms with E-state index in [0.29, 0.717) is 5.56 Å². The standard InChI is InChI=1S/C20H23N3O5/c24-18(15-8-9-16(21-12-15)23-10-4-5-11-23)17(19(25)26)22-20(27)28-13-14-6-2-1-3-7-14/h1-3,6-9,12,17-18,24H,4-5,10-11,13H2,(H,22,27)(H,25,26)/t17-,18-/m0/s1. The van der Waals surface area contributed by atoms with Crippen molar-refractivity contribution < 1.29 is 24.5 Å². The first kappa shape index (κ1) is 19.6. The summed E-state index contributed by atoms with van der Waals surface area (Å²) in [6, 6.07) is 10.8. The van der Waals surface area contributed by atoms with E-state index in [4.69, 9.17) is 4.74 Å². The van der Waals surface area contributed by atoms with Crippen LogP contribution in [0.1, 0.15) is 30.1 Å². The van der Waals surface area contributed by atoms with Crippen LogP contribution >= 0.6 is 0 Å². The van der Waals surface area contributed by atoms with Crippen molar-refractivity contribution in [1.82, 2.24) is 10.3 Å². The van der Waals surface area contributed by atoms with E-state index in [2.05, 4.69) is 15.2 Å². The number of carbonyl (C=O) groups is 2. The van der Waals surface area contributed by atoms with Crippen molar-refractivity contribution in [2.24, 2.45) is 0 Å². The van der Waals surface area contributed by atoms with Gasteiger partial charge in [-0.2, -0.15) is 0 Å². The zero-order valence-corrected chi connectivity index (χ0v) is 15.3. The Balaban J connectivity index is 1.60. The molecular weight excluding hydrogens is 362 g/mol. The number of pyridine rings is 1. The fraction of sp³-hybridized carbons (Fsp3) is 0.350. The first-order valence-electron chi connectivity index (χ1n) is 9.13. The molecule has 0 bridgehead atoms. The molecule has 1 saturated heterocycles. The first-order chi connectivity index (χ1) is 13.5. The van der Waals surface area contributed by atoms with Gasteiger partial charge in [-0.25, -0.2) is 14.6 Å². The maximum absolute atomic E-state index is 12.0. The number of nitrogens with zero attached hydrogens (tertiary/aromatic N) is 2. The lowest BCUT2D eigenvalue weighted by molar-refractivity contribution is -0.142. The molecule has 1 aromatic carbocycles. The maximum Gasteiger partial charge on any atom is 0.408 e. The number of aliphatic hydroxyl groups excluding tert-OH is 1. The van der Waals surface area contributed by atoms with Gasteiger partial charge in [0.1, 0.15) is 18.5 Å². The van der Waals surface area contributed by atoms with Crippen LogP contribution in [-0.4, -0.2) is 46.4 Å². The fourth-order valence-corrected chi connectivity index (χ4v) is 3.07. The summed E-state index contributed by atoms with van der Waals surface area (Å²) in [5.74, 6) is -0.580. The molecule has 0 unspecified atom stereocenters. The van der Waals surface area contributed by atoms with Crippen LogP contribution in [-0.2, 0) is 16.1 Å². The normalized spacial score (nSPS) is 15.7. The van der Waals surface area contributed by atoms with E-state index in [1.807, 2.05) is 6.07 Å². The molecule has 3 N–H and O–H groups in total. The van der Waals surface area contributed by atoms with E-state index >= 15 is 0 Å². The summed E-state index contributed by atoms with van der Waals surface area (Å²) >= 11 is 0. The monoisotopic (exact) mass is 385 g/mol. The first-order valence-corrected chi connectivity index (χ1v) is 9.13. The minimum atomic E-state index is -1.55. The molecule has 0 aliphatic carbocycles. The molecule has 1 aromatic heterocycles. The van der Waals surface area contributed by atoms with E-state index < -0.39 is 24.2 Å². The number of carboxylic acids is 1. The van der Waals surface area contributed by atoms with Crippen molar-refractivity contribution in [1.29, 1.82) is 0 Å². The largest absolute Gasteiger partial charge is 0.480 e. The molecule has 2 heterocycles. The highest BCUT2D eigenvalue weighted by Crippen LogP contribution is 2.22. The highest BCUT2D eigenvalue weighted by Gasteiger charge is 2.30. The van der Waals surface area contributed by atoms with E-state index in [0.717, 1.165) is 37.3 Å². The van der Waals surface area contributed by atoms with Gasteiger partial charge in [0.15, 0.2) is 6.04 Å². The summed E-state index contributed by atoms with van der Waals surface area (Å²) in [5, 5.41) is 22.0. The molecule has 0 radical (unpaired) electrons. The van der Waals surface area contributed by atoms with E-state index in [1.165, 1.54) is 6.20 Å². The van der Waals surface area contributed by atoms with E-state index in [9.17, 15) is 19.8 Å². The Labute approximate surface area is 162 Å². The molecule has 1 amide bonds. The molecule has 148 valence electrons. The number of ether oxygens (including phenoxy) is 1. The van der Waals surface area contributed by atoms with Gasteiger partial charge in [0.25, 0.3) is 0 Å². The van der Waals surface area contributed by atoms with Crippen LogP contribution in [0.3, 0.4) is 0 Å². The van der Waals surface area contributed by atoms with Crippen LogP contribution < -0.4 is 10.2 Å². The summed E-state index contributed by atoms with van der Waals surface area (Å²) < 4.78 is 5.03. The number of alkyl carbamates (subject to hydrolysis) is 1. The molecule has 1 aliphatic rings. The Morgan fingerprint density at radius 2 is 1.86 bits per heavy atom. The summed E-state index contributed by atoms with van der Waals surface area (Å²) in [6.07, 6.45) is 1.29. The molecule has 28 heavy (non-hydrogen) atoms. The van der Waals surface area contributed by atoms with Gasteiger partial charge in [-0.3, -0.25) is 0 Å². The Morgan fingerprint density at radius 1 is 1.14 bits per heavy atom. The van der Waals surface area contributed by atoms with Crippen LogP contribution in [0.25, 0.3) is 0 Å². The Morgan fingerprint density at radius 3 is 2.46 bits per heavy atom. The van der Waals surface area contributed by atoms with Crippen molar-refractivity contribution in [3.63, 3.8) is 0 Å². The molecule has 3 rings (SSSR count). The summed E-state index contributed by atoms with van der Waals surface area (Å²) in [7, 11) is 0. The van der Waals surface area contributed by atoms with Crippen molar-refractivity contribution in [3.8, 4) is 0 Å². The van der Waals surface area contributed by atoms with Crippen molar-refractivity contribution in [2.45, 2.75) is 31.6 Å². The van der Waals surface area contributed by atoms with Gasteiger partial charge in [-0.05, 0) is 24.5 Å².